The zero-order chi connectivity index (χ0) is 14.3. The van der Waals surface area contributed by atoms with Crippen LogP contribution >= 0.6 is 55.1 Å². The molecule has 2 aromatic heterocycles. The van der Waals surface area contributed by atoms with Gasteiger partial charge in [-0.1, -0.05) is 0 Å². The Balaban J connectivity index is 2.20. The van der Waals surface area contributed by atoms with E-state index in [2.05, 4.69) is 49.1 Å². The summed E-state index contributed by atoms with van der Waals surface area (Å²) in [6.07, 6.45) is 1.78. The van der Waals surface area contributed by atoms with Gasteiger partial charge >= 0.3 is 150 Å². The quantitative estimate of drug-likeness (QED) is 0.430. The third-order valence-electron chi connectivity index (χ3n) is 2.67. The van der Waals surface area contributed by atoms with Gasteiger partial charge in [-0.15, -0.1) is 0 Å². The summed E-state index contributed by atoms with van der Waals surface area (Å²) in [6, 6.07) is 9.58. The second-order valence-electron chi connectivity index (χ2n) is 3.95. The molecule has 2 nitrogen and oxygen atoms in total. The molecule has 0 bridgehead atoms. The van der Waals surface area contributed by atoms with Crippen LogP contribution in [0.1, 0.15) is 0 Å². The number of nitrogens with zero attached hydrogens (tertiary/aromatic N) is 2. The van der Waals surface area contributed by atoms with Gasteiger partial charge in [0.05, 0.1) is 0 Å². The monoisotopic (exact) mass is 498 g/mol. The van der Waals surface area contributed by atoms with Gasteiger partial charge in [0, 0.05) is 0 Å². The first-order chi connectivity index (χ1) is 9.56. The summed E-state index contributed by atoms with van der Waals surface area (Å²) in [5.74, 6) is 0. The van der Waals surface area contributed by atoms with Gasteiger partial charge in [-0.3, -0.25) is 0 Å². The van der Waals surface area contributed by atoms with Crippen molar-refractivity contribution in [2.75, 3.05) is 0 Å². The molecule has 0 N–H and O–H groups in total. The van der Waals surface area contributed by atoms with Gasteiger partial charge < -0.3 is 0 Å². The van der Waals surface area contributed by atoms with Crippen LogP contribution < -0.4 is 0 Å². The SMILES string of the molecule is Clc1ccc(-n2ncc(Br)c2-c2ccc(Br)[se]2)c(Cl)c1. The number of halogens is 4. The molecule has 0 atom stereocenters. The average Bonchev–Trinajstić information content (AvgIpc) is 2.96. The van der Waals surface area contributed by atoms with E-state index in [0.29, 0.717) is 10.0 Å². The van der Waals surface area contributed by atoms with Crippen LogP contribution in [0, 0.1) is 0 Å². The summed E-state index contributed by atoms with van der Waals surface area (Å²) in [6.45, 7) is 0. The van der Waals surface area contributed by atoms with Crippen LogP contribution in [0.25, 0.3) is 15.8 Å². The molecule has 0 unspecified atom stereocenters. The topological polar surface area (TPSA) is 17.8 Å². The standard InChI is InChI=1S/C13H6Br2Cl2N2Se/c14-8-6-18-19(10-2-1-7(16)5-9(10)17)13(8)11-3-4-12(15)20-11/h1-6H. The summed E-state index contributed by atoms with van der Waals surface area (Å²) in [5, 5.41) is 5.61. The molecular weight excluding hydrogens is 494 g/mol. The molecule has 20 heavy (non-hydrogen) atoms. The number of benzene rings is 1. The van der Waals surface area contributed by atoms with E-state index in [-0.39, 0.29) is 14.5 Å². The molecule has 0 saturated carbocycles. The van der Waals surface area contributed by atoms with Crippen molar-refractivity contribution in [3.05, 3.63) is 54.4 Å². The van der Waals surface area contributed by atoms with Crippen LogP contribution in [-0.2, 0) is 0 Å². The van der Waals surface area contributed by atoms with Crippen molar-refractivity contribution in [2.45, 2.75) is 0 Å². The molecule has 102 valence electrons. The Kier molecular flexibility index (Phi) is 4.46. The summed E-state index contributed by atoms with van der Waals surface area (Å²) in [4.78, 5) is 0. The molecule has 1 aromatic carbocycles. The fraction of sp³-hybridized carbons (Fsp3) is 0. The van der Waals surface area contributed by atoms with Gasteiger partial charge in [0.15, 0.2) is 0 Å². The summed E-state index contributed by atoms with van der Waals surface area (Å²) in [7, 11) is 0. The van der Waals surface area contributed by atoms with Crippen molar-refractivity contribution in [1.82, 2.24) is 9.78 Å². The van der Waals surface area contributed by atoms with Gasteiger partial charge in [0.2, 0.25) is 0 Å². The van der Waals surface area contributed by atoms with Crippen molar-refractivity contribution in [1.29, 1.82) is 0 Å². The van der Waals surface area contributed by atoms with Crippen LogP contribution in [0.5, 0.6) is 0 Å². The van der Waals surface area contributed by atoms with Crippen LogP contribution in [0.15, 0.2) is 44.3 Å². The molecule has 7 heteroatoms. The second kappa shape index (κ2) is 5.99. The van der Waals surface area contributed by atoms with Crippen LogP contribution in [0.2, 0.25) is 10.0 Å². The maximum absolute atomic E-state index is 6.28. The molecule has 0 radical (unpaired) electrons. The van der Waals surface area contributed by atoms with E-state index in [1.165, 1.54) is 7.78 Å². The van der Waals surface area contributed by atoms with E-state index in [9.17, 15) is 0 Å². The van der Waals surface area contributed by atoms with Gasteiger partial charge in [-0.05, 0) is 0 Å². The zero-order valence-electron chi connectivity index (χ0n) is 9.78. The Morgan fingerprint density at radius 2 is 1.90 bits per heavy atom. The van der Waals surface area contributed by atoms with E-state index in [1.807, 2.05) is 16.8 Å². The van der Waals surface area contributed by atoms with Gasteiger partial charge in [-0.25, -0.2) is 0 Å². The molecule has 0 aliphatic carbocycles. The first-order valence-electron chi connectivity index (χ1n) is 5.51. The maximum atomic E-state index is 6.28. The predicted molar refractivity (Wildman–Crippen MR) is 91.4 cm³/mol. The average molecular weight is 500 g/mol. The Hall–Kier alpha value is -0.0305. The van der Waals surface area contributed by atoms with Crippen LogP contribution in [0.3, 0.4) is 0 Å². The molecular formula is C13H6Br2Cl2N2Se. The molecule has 0 amide bonds. The Morgan fingerprint density at radius 1 is 1.10 bits per heavy atom. The van der Waals surface area contributed by atoms with Crippen molar-refractivity contribution in [3.63, 3.8) is 0 Å². The minimum absolute atomic E-state index is 0.249. The Morgan fingerprint density at radius 3 is 2.55 bits per heavy atom. The summed E-state index contributed by atoms with van der Waals surface area (Å²) in [5.41, 5.74) is 1.84. The number of hydrogen-bond acceptors (Lipinski definition) is 1. The predicted octanol–water partition coefficient (Wildman–Crippen LogP) is 5.43. The third-order valence-corrected chi connectivity index (χ3v) is 6.74. The van der Waals surface area contributed by atoms with E-state index in [0.717, 1.165) is 15.9 Å². The first kappa shape index (κ1) is 14.9. The molecule has 0 aliphatic rings. The van der Waals surface area contributed by atoms with E-state index >= 15 is 0 Å². The minimum atomic E-state index is 0.249. The van der Waals surface area contributed by atoms with Crippen molar-refractivity contribution < 1.29 is 0 Å². The normalized spacial score (nSPS) is 11.0. The zero-order valence-corrected chi connectivity index (χ0v) is 16.2. The second-order valence-corrected chi connectivity index (χ2v) is 9.96. The molecule has 2 heterocycles. The van der Waals surface area contributed by atoms with Gasteiger partial charge in [-0.2, -0.15) is 0 Å². The first-order valence-corrected chi connectivity index (χ1v) is 9.56. The molecule has 0 fully saturated rings. The van der Waals surface area contributed by atoms with E-state index < -0.39 is 0 Å². The number of hydrogen-bond donors (Lipinski definition) is 0. The van der Waals surface area contributed by atoms with Crippen molar-refractivity contribution in [2.24, 2.45) is 0 Å². The molecule has 0 spiro atoms. The Labute approximate surface area is 148 Å². The van der Waals surface area contributed by atoms with Crippen molar-refractivity contribution in [3.8, 4) is 15.8 Å². The van der Waals surface area contributed by atoms with Crippen LogP contribution in [0.4, 0.5) is 0 Å². The molecule has 0 aliphatic heterocycles. The number of rotatable bonds is 2. The van der Waals surface area contributed by atoms with Gasteiger partial charge in [0.1, 0.15) is 0 Å². The van der Waals surface area contributed by atoms with Crippen LogP contribution in [-0.4, -0.2) is 24.3 Å². The van der Waals surface area contributed by atoms with E-state index in [1.54, 1.807) is 12.3 Å². The summed E-state index contributed by atoms with van der Waals surface area (Å²) < 4.78 is 5.24. The van der Waals surface area contributed by atoms with Gasteiger partial charge in [0.25, 0.3) is 0 Å². The molecule has 3 aromatic rings. The molecule has 3 rings (SSSR count). The third kappa shape index (κ3) is 2.80. The molecule has 0 saturated heterocycles. The Bertz CT molecular complexity index is 783. The fourth-order valence-corrected chi connectivity index (χ4v) is 5.75. The van der Waals surface area contributed by atoms with Crippen molar-refractivity contribution >= 4 is 69.6 Å². The fourth-order valence-electron chi connectivity index (χ4n) is 1.83. The number of aromatic nitrogens is 2. The summed E-state index contributed by atoms with van der Waals surface area (Å²) >= 11 is 19.6. The van der Waals surface area contributed by atoms with E-state index in [4.69, 9.17) is 23.2 Å².